The van der Waals surface area contributed by atoms with E-state index < -0.39 is 0 Å². The quantitative estimate of drug-likeness (QED) is 0.872. The van der Waals surface area contributed by atoms with E-state index in [9.17, 15) is 0 Å². The van der Waals surface area contributed by atoms with Crippen molar-refractivity contribution in [1.29, 1.82) is 0 Å². The van der Waals surface area contributed by atoms with Crippen LogP contribution in [0.5, 0.6) is 11.5 Å². The van der Waals surface area contributed by atoms with Gasteiger partial charge in [-0.15, -0.1) is 0 Å². The molecular weight excluding hydrogens is 344 g/mol. The maximum atomic E-state index is 9.04. The molecule has 20 heavy (non-hydrogen) atoms. The average Bonchev–Trinajstić information content (AvgIpc) is 2.47. The molecule has 0 unspecified atom stereocenters. The Bertz CT molecular complexity index is 602. The summed E-state index contributed by atoms with van der Waals surface area (Å²) in [5.41, 5.74) is 1.72. The zero-order chi connectivity index (χ0) is 14.5. The van der Waals surface area contributed by atoms with Gasteiger partial charge in [-0.2, -0.15) is 0 Å². The van der Waals surface area contributed by atoms with Crippen molar-refractivity contribution in [3.8, 4) is 11.5 Å². The van der Waals surface area contributed by atoms with Crippen LogP contribution in [0.25, 0.3) is 0 Å². The zero-order valence-electron chi connectivity index (χ0n) is 10.9. The number of rotatable bonds is 5. The Morgan fingerprint density at radius 3 is 2.65 bits per heavy atom. The standard InChI is InChI=1S/C15H14BrClO3/c1-19-12-3-4-13(16)11(7-12)9-20-15-5-2-10(8-18)6-14(15)17/h2-7,18H,8-9H2,1H3. The number of hydrogen-bond donors (Lipinski definition) is 1. The molecule has 0 saturated heterocycles. The van der Waals surface area contributed by atoms with Crippen molar-refractivity contribution in [3.63, 3.8) is 0 Å². The first-order valence-corrected chi connectivity index (χ1v) is 7.15. The van der Waals surface area contributed by atoms with Crippen LogP contribution in [0, 0.1) is 0 Å². The lowest BCUT2D eigenvalue weighted by Crippen LogP contribution is -1.98. The monoisotopic (exact) mass is 356 g/mol. The second kappa shape index (κ2) is 6.97. The summed E-state index contributed by atoms with van der Waals surface area (Å²) in [5.74, 6) is 1.35. The number of halogens is 2. The molecular formula is C15H14BrClO3. The van der Waals surface area contributed by atoms with E-state index in [2.05, 4.69) is 15.9 Å². The third-order valence-corrected chi connectivity index (χ3v) is 3.88. The van der Waals surface area contributed by atoms with Crippen LogP contribution < -0.4 is 9.47 Å². The van der Waals surface area contributed by atoms with Gasteiger partial charge in [-0.05, 0) is 35.9 Å². The van der Waals surface area contributed by atoms with Crippen LogP contribution in [0.3, 0.4) is 0 Å². The molecule has 2 aromatic rings. The van der Waals surface area contributed by atoms with Crippen LogP contribution in [0.1, 0.15) is 11.1 Å². The van der Waals surface area contributed by atoms with Crippen molar-refractivity contribution in [3.05, 3.63) is 57.0 Å². The molecule has 0 aromatic heterocycles. The van der Waals surface area contributed by atoms with Crippen LogP contribution in [0.15, 0.2) is 40.9 Å². The Morgan fingerprint density at radius 2 is 2.00 bits per heavy atom. The van der Waals surface area contributed by atoms with Gasteiger partial charge >= 0.3 is 0 Å². The van der Waals surface area contributed by atoms with Crippen molar-refractivity contribution in [2.24, 2.45) is 0 Å². The summed E-state index contributed by atoms with van der Waals surface area (Å²) in [5, 5.41) is 9.52. The molecule has 0 radical (unpaired) electrons. The molecule has 0 bridgehead atoms. The molecule has 5 heteroatoms. The number of aliphatic hydroxyl groups is 1. The molecule has 0 aliphatic carbocycles. The predicted molar refractivity (Wildman–Crippen MR) is 82.4 cm³/mol. The summed E-state index contributed by atoms with van der Waals surface area (Å²) in [6, 6.07) is 10.9. The zero-order valence-corrected chi connectivity index (χ0v) is 13.2. The topological polar surface area (TPSA) is 38.7 Å². The molecule has 106 valence electrons. The van der Waals surface area contributed by atoms with Gasteiger partial charge in [0, 0.05) is 10.0 Å². The summed E-state index contributed by atoms with van der Waals surface area (Å²) in [6.07, 6.45) is 0. The fourth-order valence-electron chi connectivity index (χ4n) is 1.70. The second-order valence-electron chi connectivity index (χ2n) is 4.17. The fourth-order valence-corrected chi connectivity index (χ4v) is 2.32. The number of methoxy groups -OCH3 is 1. The van der Waals surface area contributed by atoms with Crippen LogP contribution in [-0.2, 0) is 13.2 Å². The number of benzene rings is 2. The molecule has 0 fully saturated rings. The minimum absolute atomic E-state index is 0.0402. The summed E-state index contributed by atoms with van der Waals surface area (Å²) < 4.78 is 11.8. The number of hydrogen-bond acceptors (Lipinski definition) is 3. The van der Waals surface area contributed by atoms with Crippen LogP contribution >= 0.6 is 27.5 Å². The molecule has 0 atom stereocenters. The fraction of sp³-hybridized carbons (Fsp3) is 0.200. The molecule has 2 rings (SSSR count). The number of aliphatic hydroxyl groups excluding tert-OH is 1. The number of ether oxygens (including phenoxy) is 2. The molecule has 0 saturated carbocycles. The molecule has 0 amide bonds. The van der Waals surface area contributed by atoms with Crippen molar-refractivity contribution in [1.82, 2.24) is 0 Å². The van der Waals surface area contributed by atoms with Gasteiger partial charge in [-0.25, -0.2) is 0 Å². The molecule has 1 N–H and O–H groups in total. The Balaban J connectivity index is 2.12. The minimum atomic E-state index is -0.0402. The lowest BCUT2D eigenvalue weighted by atomic mass is 10.2. The first kappa shape index (κ1) is 15.2. The molecule has 0 aliphatic rings. The van der Waals surface area contributed by atoms with Gasteiger partial charge in [-0.1, -0.05) is 33.6 Å². The van der Waals surface area contributed by atoms with Gasteiger partial charge in [0.2, 0.25) is 0 Å². The summed E-state index contributed by atoms with van der Waals surface area (Å²) >= 11 is 9.57. The van der Waals surface area contributed by atoms with E-state index in [1.165, 1.54) is 0 Å². The highest BCUT2D eigenvalue weighted by atomic mass is 79.9. The van der Waals surface area contributed by atoms with Crippen molar-refractivity contribution in [2.45, 2.75) is 13.2 Å². The summed E-state index contributed by atoms with van der Waals surface area (Å²) in [7, 11) is 1.62. The first-order chi connectivity index (χ1) is 9.63. The van der Waals surface area contributed by atoms with Crippen LogP contribution in [0.2, 0.25) is 5.02 Å². The largest absolute Gasteiger partial charge is 0.497 e. The van der Waals surface area contributed by atoms with E-state index in [1.54, 1.807) is 25.3 Å². The summed E-state index contributed by atoms with van der Waals surface area (Å²) in [6.45, 7) is 0.331. The minimum Gasteiger partial charge on any atom is -0.497 e. The average molecular weight is 358 g/mol. The van der Waals surface area contributed by atoms with E-state index in [1.807, 2.05) is 18.2 Å². The van der Waals surface area contributed by atoms with Crippen LogP contribution in [-0.4, -0.2) is 12.2 Å². The highest BCUT2D eigenvalue weighted by molar-refractivity contribution is 9.10. The van der Waals surface area contributed by atoms with Crippen LogP contribution in [0.4, 0.5) is 0 Å². The maximum Gasteiger partial charge on any atom is 0.138 e. The third-order valence-electron chi connectivity index (χ3n) is 2.81. The molecule has 2 aromatic carbocycles. The van der Waals surface area contributed by atoms with Gasteiger partial charge in [0.25, 0.3) is 0 Å². The van der Waals surface area contributed by atoms with E-state index in [0.29, 0.717) is 17.4 Å². The van der Waals surface area contributed by atoms with Crippen molar-refractivity contribution < 1.29 is 14.6 Å². The molecule has 3 nitrogen and oxygen atoms in total. The van der Waals surface area contributed by atoms with E-state index in [4.69, 9.17) is 26.2 Å². The third kappa shape index (κ3) is 3.66. The van der Waals surface area contributed by atoms with Gasteiger partial charge in [0.05, 0.1) is 18.7 Å². The predicted octanol–water partition coefficient (Wildman–Crippen LogP) is 4.18. The van der Waals surface area contributed by atoms with Gasteiger partial charge in [0.1, 0.15) is 18.1 Å². The van der Waals surface area contributed by atoms with Gasteiger partial charge < -0.3 is 14.6 Å². The Kier molecular flexibility index (Phi) is 5.29. The second-order valence-corrected chi connectivity index (χ2v) is 5.43. The highest BCUT2D eigenvalue weighted by Gasteiger charge is 2.06. The van der Waals surface area contributed by atoms with Crippen molar-refractivity contribution in [2.75, 3.05) is 7.11 Å². The first-order valence-electron chi connectivity index (χ1n) is 5.98. The Labute approximate surface area is 131 Å². The van der Waals surface area contributed by atoms with Gasteiger partial charge in [0.15, 0.2) is 0 Å². The lowest BCUT2D eigenvalue weighted by Gasteiger charge is -2.11. The van der Waals surface area contributed by atoms with E-state index in [0.717, 1.165) is 21.3 Å². The molecule has 0 aliphatic heterocycles. The highest BCUT2D eigenvalue weighted by Crippen LogP contribution is 2.28. The van der Waals surface area contributed by atoms with Crippen molar-refractivity contribution >= 4 is 27.5 Å². The van der Waals surface area contributed by atoms with Gasteiger partial charge in [-0.3, -0.25) is 0 Å². The van der Waals surface area contributed by atoms with E-state index in [-0.39, 0.29) is 6.61 Å². The smallest absolute Gasteiger partial charge is 0.138 e. The lowest BCUT2D eigenvalue weighted by molar-refractivity contribution is 0.280. The molecule has 0 spiro atoms. The van der Waals surface area contributed by atoms with E-state index >= 15 is 0 Å². The normalized spacial score (nSPS) is 10.4. The SMILES string of the molecule is COc1ccc(Br)c(COc2ccc(CO)cc2Cl)c1. The Morgan fingerprint density at radius 1 is 1.20 bits per heavy atom. The molecule has 0 heterocycles. The Hall–Kier alpha value is -1.23. The summed E-state index contributed by atoms with van der Waals surface area (Å²) in [4.78, 5) is 0. The maximum absolute atomic E-state index is 9.04.